The Morgan fingerprint density at radius 3 is 2.42 bits per heavy atom. The molecule has 1 fully saturated rings. The van der Waals surface area contributed by atoms with Crippen LogP contribution in [-0.4, -0.2) is 75.0 Å². The van der Waals surface area contributed by atoms with E-state index in [0.29, 0.717) is 49.2 Å². The van der Waals surface area contributed by atoms with Crippen LogP contribution in [0.3, 0.4) is 0 Å². The number of anilines is 1. The second-order valence-electron chi connectivity index (χ2n) is 10.8. The summed E-state index contributed by atoms with van der Waals surface area (Å²) in [6.45, 7) is 1.08. The summed E-state index contributed by atoms with van der Waals surface area (Å²) in [5, 5.41) is 40.1. The van der Waals surface area contributed by atoms with Gasteiger partial charge in [-0.05, 0) is 62.1 Å². The second-order valence-corrected chi connectivity index (χ2v) is 10.8. The summed E-state index contributed by atoms with van der Waals surface area (Å²) in [5.74, 6) is -7.07. The van der Waals surface area contributed by atoms with Gasteiger partial charge in [0.1, 0.15) is 17.4 Å². The first-order valence-electron chi connectivity index (χ1n) is 13.9. The number of carboxylic acids is 2. The van der Waals surface area contributed by atoms with E-state index in [0.717, 1.165) is 0 Å². The van der Waals surface area contributed by atoms with Gasteiger partial charge in [0.2, 0.25) is 11.6 Å². The molecule has 1 aromatic heterocycles. The lowest BCUT2D eigenvalue weighted by Crippen LogP contribution is -2.44. The van der Waals surface area contributed by atoms with Gasteiger partial charge in [-0.15, -0.1) is 0 Å². The fraction of sp³-hybridized carbons (Fsp3) is 0.300. The predicted molar refractivity (Wildman–Crippen MR) is 157 cm³/mol. The summed E-state index contributed by atoms with van der Waals surface area (Å²) < 4.78 is 41.7. The van der Waals surface area contributed by atoms with Crippen LogP contribution in [0.1, 0.15) is 36.8 Å². The summed E-state index contributed by atoms with van der Waals surface area (Å²) in [6.07, 6.45) is 1.22. The average molecular weight is 625 g/mol. The zero-order valence-electron chi connectivity index (χ0n) is 24.0. The summed E-state index contributed by atoms with van der Waals surface area (Å²) in [7, 11) is 1.80. The van der Waals surface area contributed by atoms with Crippen molar-refractivity contribution in [1.29, 1.82) is 5.41 Å². The van der Waals surface area contributed by atoms with Gasteiger partial charge in [-0.3, -0.25) is 20.0 Å². The normalized spacial score (nSPS) is 16.2. The number of nitrogens with one attached hydrogen (secondary N) is 2. The van der Waals surface area contributed by atoms with Gasteiger partial charge in [-0.25, -0.2) is 9.37 Å². The van der Waals surface area contributed by atoms with Crippen LogP contribution in [0.2, 0.25) is 0 Å². The first-order valence-corrected chi connectivity index (χ1v) is 13.9. The number of aliphatic carboxylic acids is 2. The highest BCUT2D eigenvalue weighted by atomic mass is 19.1. The summed E-state index contributed by atoms with van der Waals surface area (Å²) >= 11 is 0. The van der Waals surface area contributed by atoms with Crippen molar-refractivity contribution in [3.05, 3.63) is 65.4 Å². The molecule has 0 atom stereocenters. The van der Waals surface area contributed by atoms with Gasteiger partial charge in [0.05, 0.1) is 18.3 Å². The third kappa shape index (κ3) is 6.14. The molecule has 0 amide bonds. The number of carbonyl (C=O) groups is 2. The number of nitrogens with zero attached hydrogens (tertiary/aromatic N) is 3. The van der Waals surface area contributed by atoms with Crippen molar-refractivity contribution < 1.29 is 43.2 Å². The minimum atomic E-state index is -1.82. The maximum Gasteiger partial charge on any atom is 0.321 e. The van der Waals surface area contributed by atoms with Crippen LogP contribution in [0, 0.1) is 22.5 Å². The lowest BCUT2D eigenvalue weighted by molar-refractivity contribution is -0.167. The highest BCUT2D eigenvalue weighted by molar-refractivity contribution is 6.03. The van der Waals surface area contributed by atoms with E-state index in [1.54, 1.807) is 19.2 Å². The molecule has 1 aliphatic carbocycles. The van der Waals surface area contributed by atoms with Gasteiger partial charge in [0, 0.05) is 30.9 Å². The topological polar surface area (TPSA) is 204 Å². The maximum atomic E-state index is 15.6. The molecule has 15 heteroatoms. The minimum absolute atomic E-state index is 0.0410. The molecule has 0 radical (unpaired) electrons. The van der Waals surface area contributed by atoms with Crippen LogP contribution in [0.5, 0.6) is 28.9 Å². The van der Waals surface area contributed by atoms with Crippen LogP contribution in [0.15, 0.2) is 47.6 Å². The highest BCUT2D eigenvalue weighted by Crippen LogP contribution is 2.40. The Labute approximate surface area is 255 Å². The van der Waals surface area contributed by atoms with E-state index in [-0.39, 0.29) is 41.8 Å². The number of rotatable bonds is 10. The zero-order chi connectivity index (χ0) is 32.5. The summed E-state index contributed by atoms with van der Waals surface area (Å²) in [5.41, 5.74) is 4.85. The van der Waals surface area contributed by atoms with Crippen molar-refractivity contribution in [2.75, 3.05) is 25.5 Å². The van der Waals surface area contributed by atoms with Crippen molar-refractivity contribution in [2.45, 2.75) is 31.7 Å². The fourth-order valence-electron chi connectivity index (χ4n) is 5.29. The molecule has 0 unspecified atom stereocenters. The molecule has 2 aliphatic rings. The highest BCUT2D eigenvalue weighted by Gasteiger charge is 2.48. The Hall–Kier alpha value is -5.47. The van der Waals surface area contributed by atoms with Crippen molar-refractivity contribution in [2.24, 2.45) is 16.1 Å². The molecule has 0 bridgehead atoms. The Morgan fingerprint density at radius 1 is 1.09 bits per heavy atom. The van der Waals surface area contributed by atoms with Crippen LogP contribution < -0.4 is 20.5 Å². The SMILES string of the molecule is CN1CCN=C1c1cc(NC2CCC(C(=O)O)(C(=O)O)CC2)ccc1Oc1c(F)cnc(Oc2cc(C(=N)N)ccc2O)c1F. The smallest absolute Gasteiger partial charge is 0.321 e. The number of hydrogen-bond acceptors (Lipinski definition) is 10. The van der Waals surface area contributed by atoms with Gasteiger partial charge < -0.3 is 40.7 Å². The van der Waals surface area contributed by atoms with Crippen LogP contribution >= 0.6 is 0 Å². The number of amidine groups is 2. The molecule has 3 aromatic rings. The zero-order valence-corrected chi connectivity index (χ0v) is 24.0. The van der Waals surface area contributed by atoms with Gasteiger partial charge in [-0.2, -0.15) is 4.39 Å². The largest absolute Gasteiger partial charge is 0.504 e. The second kappa shape index (κ2) is 12.3. The van der Waals surface area contributed by atoms with Gasteiger partial charge >= 0.3 is 11.9 Å². The number of aromatic nitrogens is 1. The molecular weight excluding hydrogens is 594 g/mol. The molecule has 2 aromatic carbocycles. The molecule has 45 heavy (non-hydrogen) atoms. The number of nitrogens with two attached hydrogens (primary N) is 1. The number of aliphatic imine (C=N–C) groups is 1. The number of phenolic OH excluding ortho intramolecular Hbond substituents is 1. The van der Waals surface area contributed by atoms with E-state index in [1.165, 1.54) is 24.3 Å². The van der Waals surface area contributed by atoms with Crippen LogP contribution in [0.4, 0.5) is 14.5 Å². The van der Waals surface area contributed by atoms with E-state index >= 15 is 4.39 Å². The Bertz CT molecular complexity index is 1690. The van der Waals surface area contributed by atoms with Crippen LogP contribution in [-0.2, 0) is 9.59 Å². The number of halogens is 2. The van der Waals surface area contributed by atoms with Crippen molar-refractivity contribution in [3.8, 4) is 28.9 Å². The molecule has 5 rings (SSSR count). The number of benzene rings is 2. The fourth-order valence-corrected chi connectivity index (χ4v) is 5.29. The number of phenols is 1. The quantitative estimate of drug-likeness (QED) is 0.107. The number of hydrogen-bond donors (Lipinski definition) is 6. The molecule has 1 saturated carbocycles. The molecule has 1 aliphatic heterocycles. The number of ether oxygens (including phenoxy) is 2. The molecule has 0 saturated heterocycles. The predicted octanol–water partition coefficient (Wildman–Crippen LogP) is 4.14. The monoisotopic (exact) mass is 624 g/mol. The van der Waals surface area contributed by atoms with Crippen molar-refractivity contribution in [3.63, 3.8) is 0 Å². The van der Waals surface area contributed by atoms with Crippen molar-refractivity contribution in [1.82, 2.24) is 9.88 Å². The van der Waals surface area contributed by atoms with E-state index in [4.69, 9.17) is 20.6 Å². The van der Waals surface area contributed by atoms with Crippen LogP contribution in [0.25, 0.3) is 0 Å². The first-order chi connectivity index (χ1) is 21.4. The number of nitrogen functional groups attached to an aromatic ring is 1. The average Bonchev–Trinajstić information content (AvgIpc) is 3.43. The lowest BCUT2D eigenvalue weighted by atomic mass is 9.72. The molecule has 236 valence electrons. The van der Waals surface area contributed by atoms with Gasteiger partial charge in [0.25, 0.3) is 5.88 Å². The van der Waals surface area contributed by atoms with E-state index < -0.39 is 46.4 Å². The standard InChI is InChI=1S/C30H30F2N6O7/c1-38-11-10-35-26(38)18-13-17(37-16-6-8-30(9-7-16,28(40)41)29(42)43)3-5-21(18)44-24-19(31)14-36-27(23(24)32)45-22-12-15(25(33)34)2-4-20(22)39/h2-5,12-14,16,37,39H,6-11H2,1H3,(H3,33,34)(H,40,41)(H,42,43). The number of aromatic hydroxyl groups is 1. The third-order valence-corrected chi connectivity index (χ3v) is 7.90. The number of carboxylic acid groups (broad SMARTS) is 2. The Morgan fingerprint density at radius 2 is 1.80 bits per heavy atom. The molecule has 7 N–H and O–H groups in total. The molecule has 2 heterocycles. The molecular formula is C30H30F2N6O7. The Balaban J connectivity index is 1.42. The Kier molecular flexibility index (Phi) is 8.44. The van der Waals surface area contributed by atoms with E-state index in [2.05, 4.69) is 15.3 Å². The summed E-state index contributed by atoms with van der Waals surface area (Å²) in [4.78, 5) is 33.4. The first kappa shape index (κ1) is 31.0. The molecule has 13 nitrogen and oxygen atoms in total. The van der Waals surface area contributed by atoms with Gasteiger partial charge in [0.15, 0.2) is 22.7 Å². The lowest BCUT2D eigenvalue weighted by Gasteiger charge is -2.34. The number of likely N-dealkylation sites (N-methyl/N-ethyl adjacent to an activating group) is 1. The van der Waals surface area contributed by atoms with E-state index in [9.17, 15) is 29.3 Å². The van der Waals surface area contributed by atoms with Crippen molar-refractivity contribution >= 4 is 29.3 Å². The van der Waals surface area contributed by atoms with E-state index in [1.807, 2.05) is 4.90 Å². The van der Waals surface area contributed by atoms with Gasteiger partial charge in [-0.1, -0.05) is 0 Å². The summed E-state index contributed by atoms with van der Waals surface area (Å²) in [6, 6.07) is 8.35. The minimum Gasteiger partial charge on any atom is -0.504 e. The number of pyridine rings is 1. The third-order valence-electron chi connectivity index (χ3n) is 7.90. The molecule has 0 spiro atoms. The maximum absolute atomic E-state index is 15.6.